The number of amides is 3. The van der Waals surface area contributed by atoms with Crippen molar-refractivity contribution in [2.75, 3.05) is 11.9 Å². The average molecular weight is 569 g/mol. The minimum atomic E-state index is -4.40. The van der Waals surface area contributed by atoms with Crippen molar-refractivity contribution in [1.29, 1.82) is 0 Å². The van der Waals surface area contributed by atoms with Gasteiger partial charge < -0.3 is 21.1 Å². The van der Waals surface area contributed by atoms with Crippen molar-refractivity contribution in [2.24, 2.45) is 0 Å². The Kier molecular flexibility index (Phi) is 10.6. The Balaban J connectivity index is 1.48. The van der Waals surface area contributed by atoms with Crippen LogP contribution in [0.15, 0.2) is 72.8 Å². The number of benzene rings is 3. The highest BCUT2D eigenvalue weighted by atomic mass is 19.4. The van der Waals surface area contributed by atoms with Crippen LogP contribution in [0, 0.1) is 11.8 Å². The third kappa shape index (κ3) is 9.47. The molecule has 0 spiro atoms. The molecule has 0 radical (unpaired) electrons. The molecule has 0 aliphatic rings. The molecule has 0 fully saturated rings. The van der Waals surface area contributed by atoms with Gasteiger partial charge in [0.15, 0.2) is 0 Å². The van der Waals surface area contributed by atoms with Gasteiger partial charge in [-0.05, 0) is 73.2 Å². The zero-order chi connectivity index (χ0) is 30.0. The van der Waals surface area contributed by atoms with E-state index in [1.165, 1.54) is 36.7 Å². The van der Waals surface area contributed by atoms with E-state index in [0.29, 0.717) is 22.4 Å². The van der Waals surface area contributed by atoms with E-state index in [-0.39, 0.29) is 24.6 Å². The molecule has 0 heterocycles. The van der Waals surface area contributed by atoms with Crippen LogP contribution in [0.4, 0.5) is 18.9 Å². The lowest BCUT2D eigenvalue weighted by Crippen LogP contribution is -2.51. The maximum absolute atomic E-state index is 12.6. The first kappa shape index (κ1) is 30.8. The number of anilines is 1. The molecule has 0 aliphatic carbocycles. The molecule has 12 heteroatoms. The normalized spacial score (nSPS) is 12.3. The van der Waals surface area contributed by atoms with E-state index >= 15 is 0 Å². The number of halogens is 3. The topological polar surface area (TPSA) is 140 Å². The fraction of sp³-hybridized carbons (Fsp3) is 0.207. The SMILES string of the molecule is CC(O)C(NC(=O)c1ccc(C#Cc2ccc(NC(=O)CNCc3ccc(C(F)(F)F)cc3)cc2)cc1)C(=O)NO. The summed E-state index contributed by atoms with van der Waals surface area (Å²) in [6.07, 6.45) is -5.62. The predicted molar refractivity (Wildman–Crippen MR) is 144 cm³/mol. The summed E-state index contributed by atoms with van der Waals surface area (Å²) in [5.41, 5.74) is 3.32. The van der Waals surface area contributed by atoms with Gasteiger partial charge in [-0.3, -0.25) is 19.6 Å². The molecule has 0 bridgehead atoms. The smallest absolute Gasteiger partial charge is 0.391 e. The molecule has 0 saturated carbocycles. The molecule has 6 N–H and O–H groups in total. The molecular weight excluding hydrogens is 541 g/mol. The van der Waals surface area contributed by atoms with Gasteiger partial charge in [-0.2, -0.15) is 13.2 Å². The lowest BCUT2D eigenvalue weighted by Gasteiger charge is -2.19. The van der Waals surface area contributed by atoms with E-state index < -0.39 is 35.7 Å². The maximum Gasteiger partial charge on any atom is 0.416 e. The zero-order valence-corrected chi connectivity index (χ0v) is 21.8. The second kappa shape index (κ2) is 14.1. The molecule has 0 aromatic heterocycles. The molecule has 3 aromatic carbocycles. The number of aliphatic hydroxyl groups excluding tert-OH is 1. The van der Waals surface area contributed by atoms with Crippen LogP contribution in [0.1, 0.15) is 39.5 Å². The summed E-state index contributed by atoms with van der Waals surface area (Å²) in [7, 11) is 0. The third-order valence-corrected chi connectivity index (χ3v) is 5.72. The van der Waals surface area contributed by atoms with Crippen molar-refractivity contribution < 1.29 is 37.9 Å². The highest BCUT2D eigenvalue weighted by molar-refractivity contribution is 5.97. The Bertz CT molecular complexity index is 1410. The van der Waals surface area contributed by atoms with Gasteiger partial charge >= 0.3 is 6.18 Å². The molecule has 9 nitrogen and oxygen atoms in total. The van der Waals surface area contributed by atoms with Gasteiger partial charge in [-0.25, -0.2) is 5.48 Å². The second-order valence-corrected chi connectivity index (χ2v) is 8.92. The van der Waals surface area contributed by atoms with Crippen LogP contribution in [0.3, 0.4) is 0 Å². The number of nitrogens with one attached hydrogen (secondary N) is 4. The molecule has 0 aliphatic heterocycles. The van der Waals surface area contributed by atoms with Crippen LogP contribution in [-0.4, -0.2) is 46.7 Å². The summed E-state index contributed by atoms with van der Waals surface area (Å²) in [6.45, 7) is 1.49. The minimum Gasteiger partial charge on any atom is -0.391 e. The number of hydrogen-bond acceptors (Lipinski definition) is 6. The van der Waals surface area contributed by atoms with Crippen molar-refractivity contribution in [3.8, 4) is 11.8 Å². The number of carbonyl (C=O) groups excluding carboxylic acids is 3. The first-order valence-corrected chi connectivity index (χ1v) is 12.3. The monoisotopic (exact) mass is 568 g/mol. The Morgan fingerprint density at radius 2 is 1.44 bits per heavy atom. The van der Waals surface area contributed by atoms with Crippen LogP contribution >= 0.6 is 0 Å². The van der Waals surface area contributed by atoms with E-state index in [2.05, 4.69) is 27.8 Å². The van der Waals surface area contributed by atoms with Gasteiger partial charge in [0.25, 0.3) is 11.8 Å². The van der Waals surface area contributed by atoms with E-state index in [1.54, 1.807) is 36.4 Å². The average Bonchev–Trinajstić information content (AvgIpc) is 2.95. The lowest BCUT2D eigenvalue weighted by atomic mass is 10.1. The summed E-state index contributed by atoms with van der Waals surface area (Å²) in [5, 5.41) is 26.3. The van der Waals surface area contributed by atoms with Crippen LogP contribution in [-0.2, 0) is 22.3 Å². The van der Waals surface area contributed by atoms with Crippen molar-refractivity contribution >= 4 is 23.4 Å². The third-order valence-electron chi connectivity index (χ3n) is 5.72. The van der Waals surface area contributed by atoms with Crippen LogP contribution in [0.5, 0.6) is 0 Å². The van der Waals surface area contributed by atoms with Gasteiger partial charge in [-0.1, -0.05) is 24.0 Å². The number of alkyl halides is 3. The van der Waals surface area contributed by atoms with Gasteiger partial charge in [-0.15, -0.1) is 0 Å². The van der Waals surface area contributed by atoms with Crippen molar-refractivity contribution in [3.05, 3.63) is 101 Å². The van der Waals surface area contributed by atoms with E-state index in [4.69, 9.17) is 5.21 Å². The summed E-state index contributed by atoms with van der Waals surface area (Å²) < 4.78 is 37.9. The van der Waals surface area contributed by atoms with E-state index in [9.17, 15) is 32.7 Å². The lowest BCUT2D eigenvalue weighted by molar-refractivity contribution is -0.137. The number of hydroxylamine groups is 1. The maximum atomic E-state index is 12.6. The molecular formula is C29H27F3N4O5. The number of carbonyl (C=O) groups is 3. The summed E-state index contributed by atoms with van der Waals surface area (Å²) in [5.74, 6) is 4.03. The highest BCUT2D eigenvalue weighted by Crippen LogP contribution is 2.29. The highest BCUT2D eigenvalue weighted by Gasteiger charge is 2.30. The van der Waals surface area contributed by atoms with Crippen molar-refractivity contribution in [2.45, 2.75) is 31.8 Å². The fourth-order valence-corrected chi connectivity index (χ4v) is 3.52. The number of hydrogen-bond donors (Lipinski definition) is 6. The number of rotatable bonds is 9. The standard InChI is InChI=1S/C29H27F3N4O5/c1-18(37)26(28(40)36-41)35-27(39)22-10-4-19(5-11-22)2-3-20-8-14-24(15-9-20)34-25(38)17-33-16-21-6-12-23(13-7-21)29(30,31)32/h4-15,18,26,33,37,41H,16-17H2,1H3,(H,34,38)(H,35,39)(H,36,40). The van der Waals surface area contributed by atoms with Crippen LogP contribution < -0.4 is 21.4 Å². The summed E-state index contributed by atoms with van der Waals surface area (Å²) in [6, 6.07) is 16.4. The molecule has 3 amide bonds. The number of aliphatic hydroxyl groups is 1. The van der Waals surface area contributed by atoms with Crippen LogP contribution in [0.25, 0.3) is 0 Å². The molecule has 214 valence electrons. The first-order chi connectivity index (χ1) is 19.5. The fourth-order valence-electron chi connectivity index (χ4n) is 3.52. The predicted octanol–water partition coefficient (Wildman–Crippen LogP) is 2.82. The van der Waals surface area contributed by atoms with Crippen molar-refractivity contribution in [1.82, 2.24) is 16.1 Å². The molecule has 0 saturated heterocycles. The van der Waals surface area contributed by atoms with Gasteiger partial charge in [0.1, 0.15) is 6.04 Å². The quantitative estimate of drug-likeness (QED) is 0.133. The summed E-state index contributed by atoms with van der Waals surface area (Å²) in [4.78, 5) is 36.1. The van der Waals surface area contributed by atoms with Crippen molar-refractivity contribution in [3.63, 3.8) is 0 Å². The largest absolute Gasteiger partial charge is 0.416 e. The minimum absolute atomic E-state index is 0.0368. The van der Waals surface area contributed by atoms with Crippen LogP contribution in [0.2, 0.25) is 0 Å². The first-order valence-electron chi connectivity index (χ1n) is 12.3. The molecule has 2 atom stereocenters. The van der Waals surface area contributed by atoms with E-state index in [0.717, 1.165) is 12.1 Å². The van der Waals surface area contributed by atoms with Gasteiger partial charge in [0.05, 0.1) is 18.2 Å². The molecule has 3 rings (SSSR count). The summed E-state index contributed by atoms with van der Waals surface area (Å²) >= 11 is 0. The second-order valence-electron chi connectivity index (χ2n) is 8.92. The zero-order valence-electron chi connectivity index (χ0n) is 21.8. The molecule has 41 heavy (non-hydrogen) atoms. The Morgan fingerprint density at radius 1 is 0.878 bits per heavy atom. The molecule has 2 unspecified atom stereocenters. The van der Waals surface area contributed by atoms with E-state index in [1.807, 2.05) is 0 Å². The van der Waals surface area contributed by atoms with Gasteiger partial charge in [0.2, 0.25) is 5.91 Å². The Morgan fingerprint density at radius 3 is 1.95 bits per heavy atom. The van der Waals surface area contributed by atoms with Gasteiger partial charge in [0, 0.05) is 28.9 Å². The molecule has 3 aromatic rings. The Hall–Kier alpha value is -4.70. The Labute approximate surface area is 233 Å².